The number of hydrogen-bond acceptors (Lipinski definition) is 1. The Morgan fingerprint density at radius 3 is 2.03 bits per heavy atom. The average molecular weight is 405 g/mol. The fourth-order valence-corrected chi connectivity index (χ4v) is 4.11. The first-order valence-corrected chi connectivity index (χ1v) is 10.2. The Balaban J connectivity index is 1.80. The molecule has 1 heterocycles. The Hall–Kier alpha value is -3.98. The number of aromatic nitrogens is 1. The van der Waals surface area contributed by atoms with Gasteiger partial charge in [-0.3, -0.25) is 4.79 Å². The predicted molar refractivity (Wildman–Crippen MR) is 123 cm³/mol. The lowest BCUT2D eigenvalue weighted by atomic mass is 9.97. The van der Waals surface area contributed by atoms with Gasteiger partial charge in [0.1, 0.15) is 5.82 Å². The van der Waals surface area contributed by atoms with Crippen molar-refractivity contribution in [2.75, 3.05) is 0 Å². The smallest absolute Gasteiger partial charge is 0.195 e. The Morgan fingerprint density at radius 1 is 0.710 bits per heavy atom. The molecule has 0 aliphatic rings. The van der Waals surface area contributed by atoms with Crippen molar-refractivity contribution in [2.45, 2.75) is 6.54 Å². The number of benzene rings is 4. The molecule has 0 spiro atoms. The highest BCUT2D eigenvalue weighted by Crippen LogP contribution is 2.36. The number of para-hydroxylation sites is 1. The fraction of sp³-hybridized carbons (Fsp3) is 0.0357. The third kappa shape index (κ3) is 3.55. The Morgan fingerprint density at radius 2 is 1.32 bits per heavy atom. The first-order valence-electron chi connectivity index (χ1n) is 10.2. The van der Waals surface area contributed by atoms with Crippen molar-refractivity contribution < 1.29 is 9.18 Å². The average Bonchev–Trinajstić information content (AvgIpc) is 3.14. The minimum Gasteiger partial charge on any atom is -0.335 e. The monoisotopic (exact) mass is 405 g/mol. The van der Waals surface area contributed by atoms with E-state index in [0.29, 0.717) is 17.7 Å². The molecular formula is C28H20FNO. The van der Waals surface area contributed by atoms with Gasteiger partial charge >= 0.3 is 0 Å². The van der Waals surface area contributed by atoms with Gasteiger partial charge in [0.05, 0.1) is 11.3 Å². The van der Waals surface area contributed by atoms with Crippen LogP contribution in [-0.2, 0) is 6.54 Å². The molecule has 3 heteroatoms. The standard InChI is InChI=1S/C28H20FNO/c29-23-17-15-22(16-18-23)28(31)26-24-13-7-8-14-25(24)30(19-20-9-3-1-4-10-20)27(26)21-11-5-2-6-12-21/h1-18H,19H2. The van der Waals surface area contributed by atoms with Gasteiger partial charge in [0.15, 0.2) is 5.78 Å². The lowest BCUT2D eigenvalue weighted by Gasteiger charge is -2.13. The molecule has 2 nitrogen and oxygen atoms in total. The van der Waals surface area contributed by atoms with Gasteiger partial charge in [0.2, 0.25) is 0 Å². The summed E-state index contributed by atoms with van der Waals surface area (Å²) in [5.74, 6) is -0.465. The zero-order chi connectivity index (χ0) is 21.2. The minimum absolute atomic E-state index is 0.109. The van der Waals surface area contributed by atoms with Crippen LogP contribution < -0.4 is 0 Å². The molecule has 0 unspecified atom stereocenters. The highest BCUT2D eigenvalue weighted by molar-refractivity contribution is 6.20. The molecule has 0 aliphatic heterocycles. The van der Waals surface area contributed by atoms with Crippen LogP contribution >= 0.6 is 0 Å². The van der Waals surface area contributed by atoms with Gasteiger partial charge < -0.3 is 4.57 Å². The van der Waals surface area contributed by atoms with Gasteiger partial charge in [-0.05, 0) is 41.5 Å². The summed E-state index contributed by atoms with van der Waals surface area (Å²) < 4.78 is 15.7. The molecule has 0 saturated carbocycles. The second kappa shape index (κ2) is 8.04. The number of fused-ring (bicyclic) bond motifs is 1. The van der Waals surface area contributed by atoms with E-state index in [1.165, 1.54) is 12.1 Å². The van der Waals surface area contributed by atoms with Crippen LogP contribution in [-0.4, -0.2) is 10.4 Å². The molecule has 5 aromatic rings. The summed E-state index contributed by atoms with van der Waals surface area (Å²) in [6.07, 6.45) is 0. The Labute approximate surface area is 180 Å². The van der Waals surface area contributed by atoms with Gasteiger partial charge in [-0.25, -0.2) is 4.39 Å². The van der Waals surface area contributed by atoms with Crippen LogP contribution in [0.25, 0.3) is 22.2 Å². The molecular weight excluding hydrogens is 385 g/mol. The third-order valence-electron chi connectivity index (χ3n) is 5.54. The second-order valence-corrected chi connectivity index (χ2v) is 7.51. The van der Waals surface area contributed by atoms with Crippen LogP contribution in [0.5, 0.6) is 0 Å². The third-order valence-corrected chi connectivity index (χ3v) is 5.54. The molecule has 31 heavy (non-hydrogen) atoms. The number of ketones is 1. The maximum Gasteiger partial charge on any atom is 0.195 e. The van der Waals surface area contributed by atoms with Gasteiger partial charge in [0, 0.05) is 23.0 Å². The largest absolute Gasteiger partial charge is 0.335 e. The topological polar surface area (TPSA) is 22.0 Å². The highest BCUT2D eigenvalue weighted by Gasteiger charge is 2.24. The molecule has 5 rings (SSSR count). The van der Waals surface area contributed by atoms with Crippen LogP contribution in [0.15, 0.2) is 109 Å². The predicted octanol–water partition coefficient (Wildman–Crippen LogP) is 6.73. The van der Waals surface area contributed by atoms with Crippen molar-refractivity contribution in [1.82, 2.24) is 4.57 Å². The van der Waals surface area contributed by atoms with E-state index in [2.05, 4.69) is 16.7 Å². The summed E-state index contributed by atoms with van der Waals surface area (Å²) in [5.41, 5.74) is 5.11. The summed E-state index contributed by atoms with van der Waals surface area (Å²) in [6, 6.07) is 33.9. The quantitative estimate of drug-likeness (QED) is 0.297. The van der Waals surface area contributed by atoms with E-state index in [1.54, 1.807) is 12.1 Å². The second-order valence-electron chi connectivity index (χ2n) is 7.51. The van der Waals surface area contributed by atoms with Crippen molar-refractivity contribution in [3.63, 3.8) is 0 Å². The SMILES string of the molecule is O=C(c1ccc(F)cc1)c1c(-c2ccccc2)n(Cc2ccccc2)c2ccccc12. The Bertz CT molecular complexity index is 1350. The number of halogens is 1. The van der Waals surface area contributed by atoms with Crippen molar-refractivity contribution in [3.05, 3.63) is 132 Å². The molecule has 0 amide bonds. The number of hydrogen-bond donors (Lipinski definition) is 0. The molecule has 0 radical (unpaired) electrons. The molecule has 4 aromatic carbocycles. The highest BCUT2D eigenvalue weighted by atomic mass is 19.1. The summed E-state index contributed by atoms with van der Waals surface area (Å²) in [5, 5.41) is 0.895. The lowest BCUT2D eigenvalue weighted by Crippen LogP contribution is -2.06. The molecule has 0 fully saturated rings. The molecule has 1 aromatic heterocycles. The summed E-state index contributed by atoms with van der Waals surface area (Å²) in [7, 11) is 0. The minimum atomic E-state index is -0.355. The first-order chi connectivity index (χ1) is 15.2. The van der Waals surface area contributed by atoms with E-state index in [1.807, 2.05) is 72.8 Å². The molecule has 0 atom stereocenters. The maximum absolute atomic E-state index is 13.7. The zero-order valence-corrected chi connectivity index (χ0v) is 16.8. The summed E-state index contributed by atoms with van der Waals surface area (Å²) in [4.78, 5) is 13.7. The van der Waals surface area contributed by atoms with Crippen molar-refractivity contribution in [3.8, 4) is 11.3 Å². The van der Waals surface area contributed by atoms with Crippen LogP contribution in [0.3, 0.4) is 0 Å². The zero-order valence-electron chi connectivity index (χ0n) is 16.8. The van der Waals surface area contributed by atoms with E-state index in [-0.39, 0.29) is 11.6 Å². The van der Waals surface area contributed by atoms with Crippen LogP contribution in [0.4, 0.5) is 4.39 Å². The number of rotatable bonds is 5. The molecule has 0 saturated heterocycles. The molecule has 0 bridgehead atoms. The Kier molecular flexibility index (Phi) is 4.93. The summed E-state index contributed by atoms with van der Waals surface area (Å²) in [6.45, 7) is 0.641. The van der Waals surface area contributed by atoms with E-state index in [9.17, 15) is 9.18 Å². The van der Waals surface area contributed by atoms with Crippen molar-refractivity contribution >= 4 is 16.7 Å². The normalized spacial score (nSPS) is 11.0. The van der Waals surface area contributed by atoms with E-state index >= 15 is 0 Å². The maximum atomic E-state index is 13.7. The van der Waals surface area contributed by atoms with Crippen LogP contribution in [0, 0.1) is 5.82 Å². The van der Waals surface area contributed by atoms with Crippen molar-refractivity contribution in [1.29, 1.82) is 0 Å². The van der Waals surface area contributed by atoms with Crippen molar-refractivity contribution in [2.24, 2.45) is 0 Å². The molecule has 0 aliphatic carbocycles. The van der Waals surface area contributed by atoms with Gasteiger partial charge in [-0.2, -0.15) is 0 Å². The number of nitrogens with zero attached hydrogens (tertiary/aromatic N) is 1. The van der Waals surface area contributed by atoms with E-state index < -0.39 is 0 Å². The summed E-state index contributed by atoms with van der Waals surface area (Å²) >= 11 is 0. The van der Waals surface area contributed by atoms with Gasteiger partial charge in [-0.1, -0.05) is 78.9 Å². The lowest BCUT2D eigenvalue weighted by molar-refractivity contribution is 0.104. The number of carbonyl (C=O) groups is 1. The van der Waals surface area contributed by atoms with E-state index in [4.69, 9.17) is 0 Å². The van der Waals surface area contributed by atoms with Crippen LogP contribution in [0.2, 0.25) is 0 Å². The van der Waals surface area contributed by atoms with Gasteiger partial charge in [-0.15, -0.1) is 0 Å². The van der Waals surface area contributed by atoms with E-state index in [0.717, 1.165) is 27.7 Å². The molecule has 0 N–H and O–H groups in total. The first kappa shape index (κ1) is 19.0. The number of carbonyl (C=O) groups excluding carboxylic acids is 1. The van der Waals surface area contributed by atoms with Crippen LogP contribution in [0.1, 0.15) is 21.5 Å². The fourth-order valence-electron chi connectivity index (χ4n) is 4.11. The molecule has 150 valence electrons. The van der Waals surface area contributed by atoms with Gasteiger partial charge in [0.25, 0.3) is 0 Å².